The first-order valence-corrected chi connectivity index (χ1v) is 4.28. The fourth-order valence-electron chi connectivity index (χ4n) is 1.18. The van der Waals surface area contributed by atoms with E-state index in [0.29, 0.717) is 5.69 Å². The van der Waals surface area contributed by atoms with Crippen molar-refractivity contribution in [1.82, 2.24) is 9.55 Å². The summed E-state index contributed by atoms with van der Waals surface area (Å²) in [6, 6.07) is 11.1. The van der Waals surface area contributed by atoms with Crippen LogP contribution in [-0.2, 0) is 7.05 Å². The molecule has 2 rings (SSSR count). The third-order valence-electron chi connectivity index (χ3n) is 1.98. The quantitative estimate of drug-likeness (QED) is 0.670. The first-order chi connectivity index (χ1) is 6.77. The van der Waals surface area contributed by atoms with Gasteiger partial charge in [0.1, 0.15) is 0 Å². The Morgan fingerprint density at radius 3 is 2.64 bits per heavy atom. The largest absolute Gasteiger partial charge is 0.293 e. The number of aryl methyl sites for hydroxylation is 1. The van der Waals surface area contributed by atoms with Gasteiger partial charge in [0.25, 0.3) is 5.56 Å². The molecule has 2 aromatic rings. The molecule has 14 heavy (non-hydrogen) atoms. The average molecular weight is 185 g/mol. The van der Waals surface area contributed by atoms with Gasteiger partial charge in [0.2, 0.25) is 0 Å². The van der Waals surface area contributed by atoms with Crippen LogP contribution in [0.5, 0.6) is 0 Å². The lowest BCUT2D eigenvalue weighted by atomic mass is 10.1. The predicted octanol–water partition coefficient (Wildman–Crippen LogP) is 1.25. The topological polar surface area (TPSA) is 34.9 Å². The zero-order valence-electron chi connectivity index (χ0n) is 7.77. The van der Waals surface area contributed by atoms with E-state index in [1.807, 2.05) is 30.3 Å². The Kier molecular flexibility index (Phi) is 2.14. The van der Waals surface area contributed by atoms with Gasteiger partial charge in [0.15, 0.2) is 6.33 Å². The Hall–Kier alpha value is -1.90. The summed E-state index contributed by atoms with van der Waals surface area (Å²) in [4.78, 5) is 15.4. The number of rotatable bonds is 1. The van der Waals surface area contributed by atoms with E-state index in [2.05, 4.69) is 11.3 Å². The van der Waals surface area contributed by atoms with E-state index in [9.17, 15) is 4.79 Å². The molecule has 0 atom stereocenters. The number of aromatic nitrogens is 2. The van der Waals surface area contributed by atoms with E-state index in [-0.39, 0.29) is 5.56 Å². The number of hydrogen-bond acceptors (Lipinski definition) is 2. The van der Waals surface area contributed by atoms with Gasteiger partial charge >= 0.3 is 0 Å². The highest BCUT2D eigenvalue weighted by molar-refractivity contribution is 5.57. The molecule has 0 spiro atoms. The van der Waals surface area contributed by atoms with Crippen LogP contribution in [0.4, 0.5) is 0 Å². The molecule has 0 aliphatic carbocycles. The van der Waals surface area contributed by atoms with Crippen molar-refractivity contribution in [2.75, 3.05) is 0 Å². The maximum Gasteiger partial charge on any atom is 0.254 e. The maximum atomic E-state index is 11.3. The Morgan fingerprint density at radius 2 is 2.00 bits per heavy atom. The van der Waals surface area contributed by atoms with Crippen molar-refractivity contribution in [1.29, 1.82) is 0 Å². The molecule has 0 aliphatic heterocycles. The van der Waals surface area contributed by atoms with Crippen molar-refractivity contribution >= 4 is 0 Å². The van der Waals surface area contributed by atoms with Crippen molar-refractivity contribution in [3.05, 3.63) is 53.1 Å². The summed E-state index contributed by atoms with van der Waals surface area (Å²) in [5, 5.41) is 0. The van der Waals surface area contributed by atoms with Crippen LogP contribution in [0, 0.1) is 6.33 Å². The predicted molar refractivity (Wildman–Crippen MR) is 53.8 cm³/mol. The molecular weight excluding hydrogens is 176 g/mol. The van der Waals surface area contributed by atoms with Gasteiger partial charge in [-0.2, -0.15) is 0 Å². The second kappa shape index (κ2) is 3.46. The summed E-state index contributed by atoms with van der Waals surface area (Å²) in [6.45, 7) is 0. The summed E-state index contributed by atoms with van der Waals surface area (Å²) in [5.41, 5.74) is 1.49. The summed E-state index contributed by atoms with van der Waals surface area (Å²) in [5.74, 6) is 0. The van der Waals surface area contributed by atoms with Crippen molar-refractivity contribution in [3.8, 4) is 11.3 Å². The molecule has 1 aromatic carbocycles. The second-order valence-electron chi connectivity index (χ2n) is 3.00. The van der Waals surface area contributed by atoms with Crippen LogP contribution in [0.3, 0.4) is 0 Å². The summed E-state index contributed by atoms with van der Waals surface area (Å²) >= 11 is 0. The number of benzene rings is 1. The van der Waals surface area contributed by atoms with Crippen LogP contribution in [-0.4, -0.2) is 9.55 Å². The van der Waals surface area contributed by atoms with Crippen molar-refractivity contribution in [2.45, 2.75) is 0 Å². The van der Waals surface area contributed by atoms with Crippen molar-refractivity contribution in [2.24, 2.45) is 7.05 Å². The van der Waals surface area contributed by atoms with E-state index in [4.69, 9.17) is 0 Å². The Labute approximate surface area is 81.7 Å². The molecule has 3 heteroatoms. The highest BCUT2D eigenvalue weighted by Crippen LogP contribution is 2.12. The molecule has 3 nitrogen and oxygen atoms in total. The van der Waals surface area contributed by atoms with Gasteiger partial charge in [-0.05, 0) is 0 Å². The Balaban J connectivity index is 2.54. The maximum absolute atomic E-state index is 11.3. The molecular formula is C11H9N2O. The third-order valence-corrected chi connectivity index (χ3v) is 1.98. The molecule has 0 saturated heterocycles. The van der Waals surface area contributed by atoms with Gasteiger partial charge in [0, 0.05) is 18.7 Å². The second-order valence-corrected chi connectivity index (χ2v) is 3.00. The molecule has 0 N–H and O–H groups in total. The van der Waals surface area contributed by atoms with Crippen LogP contribution in [0.2, 0.25) is 0 Å². The van der Waals surface area contributed by atoms with E-state index < -0.39 is 0 Å². The molecule has 1 heterocycles. The first-order valence-electron chi connectivity index (χ1n) is 4.28. The van der Waals surface area contributed by atoms with Gasteiger partial charge in [0.05, 0.1) is 5.69 Å². The fourth-order valence-corrected chi connectivity index (χ4v) is 1.18. The molecule has 1 radical (unpaired) electrons. The van der Waals surface area contributed by atoms with Crippen LogP contribution < -0.4 is 5.56 Å². The van der Waals surface area contributed by atoms with Crippen LogP contribution in [0.15, 0.2) is 41.2 Å². The Morgan fingerprint density at radius 1 is 1.29 bits per heavy atom. The minimum Gasteiger partial charge on any atom is -0.293 e. The third kappa shape index (κ3) is 1.57. The minimum atomic E-state index is -0.0983. The first kappa shape index (κ1) is 8.69. The molecule has 0 unspecified atom stereocenters. The monoisotopic (exact) mass is 185 g/mol. The highest BCUT2D eigenvalue weighted by atomic mass is 16.1. The molecule has 0 amide bonds. The molecule has 0 fully saturated rings. The molecule has 1 aromatic heterocycles. The zero-order chi connectivity index (χ0) is 9.97. The zero-order valence-corrected chi connectivity index (χ0v) is 7.77. The molecule has 69 valence electrons. The van der Waals surface area contributed by atoms with Gasteiger partial charge in [-0.1, -0.05) is 30.3 Å². The smallest absolute Gasteiger partial charge is 0.254 e. The van der Waals surface area contributed by atoms with Gasteiger partial charge in [-0.3, -0.25) is 9.36 Å². The fraction of sp³-hybridized carbons (Fsp3) is 0.0909. The summed E-state index contributed by atoms with van der Waals surface area (Å²) in [7, 11) is 1.63. The van der Waals surface area contributed by atoms with E-state index >= 15 is 0 Å². The van der Waals surface area contributed by atoms with Gasteiger partial charge in [-0.15, -0.1) is 0 Å². The van der Waals surface area contributed by atoms with E-state index in [0.717, 1.165) is 5.56 Å². The Bertz CT molecular complexity index is 488. The average Bonchev–Trinajstić information content (AvgIpc) is 2.23. The van der Waals surface area contributed by atoms with Gasteiger partial charge in [-0.25, -0.2) is 4.98 Å². The van der Waals surface area contributed by atoms with Crippen molar-refractivity contribution in [3.63, 3.8) is 0 Å². The lowest BCUT2D eigenvalue weighted by Gasteiger charge is -1.99. The van der Waals surface area contributed by atoms with E-state index in [1.165, 1.54) is 10.6 Å². The summed E-state index contributed by atoms with van der Waals surface area (Å²) in [6.07, 6.45) is 2.62. The van der Waals surface area contributed by atoms with Crippen LogP contribution in [0.25, 0.3) is 11.3 Å². The minimum absolute atomic E-state index is 0.0983. The van der Waals surface area contributed by atoms with Gasteiger partial charge < -0.3 is 0 Å². The lowest BCUT2D eigenvalue weighted by Crippen LogP contribution is -2.16. The highest BCUT2D eigenvalue weighted by Gasteiger charge is 1.99. The normalized spacial score (nSPS) is 10.1. The number of nitrogens with zero attached hydrogens (tertiary/aromatic N) is 2. The summed E-state index contributed by atoms with van der Waals surface area (Å²) < 4.78 is 1.33. The molecule has 0 aliphatic rings. The SMILES string of the molecule is Cn1[c]nc(-c2ccccc2)cc1=O. The van der Waals surface area contributed by atoms with E-state index in [1.54, 1.807) is 7.05 Å². The van der Waals surface area contributed by atoms with Crippen LogP contribution in [0.1, 0.15) is 0 Å². The lowest BCUT2D eigenvalue weighted by molar-refractivity contribution is 0.816. The molecule has 0 saturated carbocycles. The molecule has 0 bridgehead atoms. The van der Waals surface area contributed by atoms with Crippen LogP contribution >= 0.6 is 0 Å². The number of hydrogen-bond donors (Lipinski definition) is 0. The standard InChI is InChI=1S/C11H9N2O/c1-13-8-12-10(7-11(13)14)9-5-3-2-4-6-9/h2-7H,1H3. The van der Waals surface area contributed by atoms with Crippen molar-refractivity contribution < 1.29 is 0 Å².